The van der Waals surface area contributed by atoms with Crippen LogP contribution in [0, 0.1) is 0 Å². The lowest BCUT2D eigenvalue weighted by Crippen LogP contribution is -1.93. The molecule has 0 bridgehead atoms. The van der Waals surface area contributed by atoms with Gasteiger partial charge in [-0.15, -0.1) is 0 Å². The zero-order valence-corrected chi connectivity index (χ0v) is 19.3. The van der Waals surface area contributed by atoms with Gasteiger partial charge in [-0.2, -0.15) is 0 Å². The molecule has 2 heteroatoms. The molecule has 4 aromatic rings. The Morgan fingerprint density at radius 1 is 0.469 bits per heavy atom. The second-order valence-electron chi connectivity index (χ2n) is 8.63. The van der Waals surface area contributed by atoms with Crippen molar-refractivity contribution in [2.75, 3.05) is 10.6 Å². The van der Waals surface area contributed by atoms with E-state index in [0.717, 1.165) is 35.6 Å². The van der Waals surface area contributed by atoms with E-state index in [-0.39, 0.29) is 0 Å². The number of fused-ring (bicyclic) bond motifs is 1. The lowest BCUT2D eigenvalue weighted by molar-refractivity contribution is 0.795. The molecule has 0 aliphatic carbocycles. The third kappa shape index (κ3) is 5.91. The minimum Gasteiger partial charge on any atom is -0.356 e. The Kier molecular flexibility index (Phi) is 7.45. The highest BCUT2D eigenvalue weighted by Gasteiger charge is 2.02. The smallest absolute Gasteiger partial charge is 0.0390 e. The quantitative estimate of drug-likeness (QED) is 0.266. The summed E-state index contributed by atoms with van der Waals surface area (Å²) in [6.45, 7) is 4.47. The van der Waals surface area contributed by atoms with E-state index >= 15 is 0 Å². The Morgan fingerprint density at radius 3 is 1.22 bits per heavy atom. The van der Waals surface area contributed by atoms with Gasteiger partial charge in [0.2, 0.25) is 0 Å². The summed E-state index contributed by atoms with van der Waals surface area (Å²) in [4.78, 5) is 0. The highest BCUT2D eigenvalue weighted by atomic mass is 14.9. The maximum Gasteiger partial charge on any atom is 0.0390 e. The van der Waals surface area contributed by atoms with Gasteiger partial charge in [-0.1, -0.05) is 63.1 Å². The van der Waals surface area contributed by atoms with Crippen LogP contribution in [0.4, 0.5) is 22.7 Å². The van der Waals surface area contributed by atoms with Gasteiger partial charge in [0.15, 0.2) is 0 Å². The van der Waals surface area contributed by atoms with Crippen LogP contribution in [-0.4, -0.2) is 0 Å². The molecule has 2 nitrogen and oxygen atoms in total. The Morgan fingerprint density at radius 2 is 0.844 bits per heavy atom. The number of rotatable bonds is 10. The van der Waals surface area contributed by atoms with Crippen molar-refractivity contribution in [2.45, 2.75) is 52.4 Å². The molecule has 0 saturated heterocycles. The number of hydrogen-bond acceptors (Lipinski definition) is 2. The van der Waals surface area contributed by atoms with Crippen molar-refractivity contribution in [3.63, 3.8) is 0 Å². The Bertz CT molecular complexity index is 1040. The van der Waals surface area contributed by atoms with Gasteiger partial charge in [0, 0.05) is 22.7 Å². The molecule has 0 aromatic heterocycles. The van der Waals surface area contributed by atoms with E-state index in [1.54, 1.807) is 0 Å². The summed E-state index contributed by atoms with van der Waals surface area (Å²) in [6.07, 6.45) is 7.29. The highest BCUT2D eigenvalue weighted by molar-refractivity contribution is 5.89. The first-order valence-corrected chi connectivity index (χ1v) is 12.0. The highest BCUT2D eigenvalue weighted by Crippen LogP contribution is 2.27. The lowest BCUT2D eigenvalue weighted by atomic mass is 10.1. The first kappa shape index (κ1) is 22.0. The minimum atomic E-state index is 1.11. The number of anilines is 4. The third-order valence-electron chi connectivity index (χ3n) is 5.96. The van der Waals surface area contributed by atoms with E-state index in [9.17, 15) is 0 Å². The molecule has 32 heavy (non-hydrogen) atoms. The van der Waals surface area contributed by atoms with Crippen LogP contribution >= 0.6 is 0 Å². The van der Waals surface area contributed by atoms with E-state index in [0.29, 0.717) is 0 Å². The lowest BCUT2D eigenvalue weighted by Gasteiger charge is -2.11. The molecule has 0 fully saturated rings. The summed E-state index contributed by atoms with van der Waals surface area (Å²) in [5, 5.41) is 9.54. The molecule has 0 spiro atoms. The second-order valence-corrected chi connectivity index (χ2v) is 8.63. The van der Waals surface area contributed by atoms with Crippen molar-refractivity contribution in [1.82, 2.24) is 0 Å². The molecule has 0 aliphatic rings. The number of benzene rings is 4. The topological polar surface area (TPSA) is 24.1 Å². The van der Waals surface area contributed by atoms with E-state index in [1.165, 1.54) is 47.6 Å². The van der Waals surface area contributed by atoms with Gasteiger partial charge in [-0.05, 0) is 96.1 Å². The second kappa shape index (κ2) is 10.9. The Balaban J connectivity index is 1.41. The molecular formula is C30H34N2. The zero-order chi connectivity index (χ0) is 22.2. The van der Waals surface area contributed by atoms with Gasteiger partial charge in [0.25, 0.3) is 0 Å². The zero-order valence-electron chi connectivity index (χ0n) is 19.3. The normalized spacial score (nSPS) is 10.9. The Labute approximate surface area is 192 Å². The fraction of sp³-hybridized carbons (Fsp3) is 0.267. The summed E-state index contributed by atoms with van der Waals surface area (Å²) in [5.74, 6) is 0. The van der Waals surface area contributed by atoms with Crippen LogP contribution in [0.1, 0.15) is 50.7 Å². The third-order valence-corrected chi connectivity index (χ3v) is 5.96. The summed E-state index contributed by atoms with van der Waals surface area (Å²) >= 11 is 0. The average Bonchev–Trinajstić information content (AvgIpc) is 2.83. The van der Waals surface area contributed by atoms with Gasteiger partial charge < -0.3 is 10.6 Å². The number of nitrogens with one attached hydrogen (secondary N) is 2. The Hall–Kier alpha value is -3.26. The average molecular weight is 423 g/mol. The van der Waals surface area contributed by atoms with Crippen LogP contribution in [0.25, 0.3) is 10.8 Å². The van der Waals surface area contributed by atoms with Crippen molar-refractivity contribution in [2.24, 2.45) is 0 Å². The molecule has 164 valence electrons. The van der Waals surface area contributed by atoms with Gasteiger partial charge in [-0.3, -0.25) is 0 Å². The summed E-state index contributed by atoms with van der Waals surface area (Å²) in [5.41, 5.74) is 7.30. The van der Waals surface area contributed by atoms with Crippen molar-refractivity contribution in [3.8, 4) is 0 Å². The molecule has 0 atom stereocenters. The molecule has 0 heterocycles. The standard InChI is InChI=1S/C30H34N2/c1-3-5-7-23-9-15-27(16-10-23)31-29-19-13-26-22-30(20-14-25(26)21-29)32-28-17-11-24(12-18-28)8-6-4-2/h9-22,31-32H,3-8H2,1-2H3. The molecule has 4 aromatic carbocycles. The van der Waals surface area contributed by atoms with Crippen molar-refractivity contribution < 1.29 is 0 Å². The SMILES string of the molecule is CCCCc1ccc(Nc2ccc3cc(Nc4ccc(CCCC)cc4)ccc3c2)cc1. The number of aryl methyl sites for hydroxylation is 2. The monoisotopic (exact) mass is 422 g/mol. The van der Waals surface area contributed by atoms with Crippen molar-refractivity contribution in [3.05, 3.63) is 96.1 Å². The molecule has 0 aliphatic heterocycles. The van der Waals surface area contributed by atoms with Gasteiger partial charge in [0.1, 0.15) is 0 Å². The van der Waals surface area contributed by atoms with Crippen LogP contribution in [-0.2, 0) is 12.8 Å². The molecular weight excluding hydrogens is 388 g/mol. The number of unbranched alkanes of at least 4 members (excludes halogenated alkanes) is 2. The van der Waals surface area contributed by atoms with Crippen LogP contribution in [0.3, 0.4) is 0 Å². The fourth-order valence-corrected chi connectivity index (χ4v) is 4.01. The summed E-state index contributed by atoms with van der Waals surface area (Å²) < 4.78 is 0. The molecule has 4 rings (SSSR count). The fourth-order valence-electron chi connectivity index (χ4n) is 4.01. The van der Waals surface area contributed by atoms with Gasteiger partial charge in [-0.25, -0.2) is 0 Å². The van der Waals surface area contributed by atoms with E-state index in [2.05, 4.69) is 109 Å². The minimum absolute atomic E-state index is 1.11. The van der Waals surface area contributed by atoms with Crippen LogP contribution < -0.4 is 10.6 Å². The summed E-state index contributed by atoms with van der Waals surface area (Å²) in [6, 6.07) is 30.7. The van der Waals surface area contributed by atoms with Crippen LogP contribution in [0.2, 0.25) is 0 Å². The predicted octanol–water partition coefficient (Wildman–Crippen LogP) is 9.01. The van der Waals surface area contributed by atoms with Crippen LogP contribution in [0.5, 0.6) is 0 Å². The van der Waals surface area contributed by atoms with Crippen LogP contribution in [0.15, 0.2) is 84.9 Å². The number of hydrogen-bond donors (Lipinski definition) is 2. The van der Waals surface area contributed by atoms with Crippen molar-refractivity contribution in [1.29, 1.82) is 0 Å². The van der Waals surface area contributed by atoms with Gasteiger partial charge >= 0.3 is 0 Å². The van der Waals surface area contributed by atoms with E-state index < -0.39 is 0 Å². The van der Waals surface area contributed by atoms with Gasteiger partial charge in [0.05, 0.1) is 0 Å². The maximum atomic E-state index is 3.54. The molecule has 2 N–H and O–H groups in total. The first-order valence-electron chi connectivity index (χ1n) is 12.0. The maximum absolute atomic E-state index is 3.54. The largest absolute Gasteiger partial charge is 0.356 e. The molecule has 0 unspecified atom stereocenters. The molecule has 0 amide bonds. The van der Waals surface area contributed by atoms with E-state index in [1.807, 2.05) is 0 Å². The summed E-state index contributed by atoms with van der Waals surface area (Å²) in [7, 11) is 0. The first-order chi connectivity index (χ1) is 15.7. The van der Waals surface area contributed by atoms with Crippen molar-refractivity contribution >= 4 is 33.5 Å². The predicted molar refractivity (Wildman–Crippen MR) is 141 cm³/mol. The molecule has 0 saturated carbocycles. The van der Waals surface area contributed by atoms with E-state index in [4.69, 9.17) is 0 Å². The molecule has 0 radical (unpaired) electrons.